The molecule has 0 saturated heterocycles. The Morgan fingerprint density at radius 3 is 2.43 bits per heavy atom. The normalized spacial score (nSPS) is 15.5. The summed E-state index contributed by atoms with van der Waals surface area (Å²) in [6, 6.07) is 7.03. The summed E-state index contributed by atoms with van der Waals surface area (Å²) in [5.74, 6) is 0. The van der Waals surface area contributed by atoms with Crippen molar-refractivity contribution in [3.63, 3.8) is 0 Å². The van der Waals surface area contributed by atoms with E-state index in [0.29, 0.717) is 24.2 Å². The SMILES string of the molecule is CNCCNS(=O)(=O)c1ccc(NC(=S)NC2CCCC2)cc1. The zero-order valence-electron chi connectivity index (χ0n) is 13.3. The highest BCUT2D eigenvalue weighted by Gasteiger charge is 2.16. The third-order valence-electron chi connectivity index (χ3n) is 3.78. The van der Waals surface area contributed by atoms with Crippen LogP contribution in [0.2, 0.25) is 0 Å². The zero-order valence-corrected chi connectivity index (χ0v) is 14.9. The summed E-state index contributed by atoms with van der Waals surface area (Å²) in [6.45, 7) is 0.939. The summed E-state index contributed by atoms with van der Waals surface area (Å²) >= 11 is 5.29. The van der Waals surface area contributed by atoms with Gasteiger partial charge in [0, 0.05) is 24.8 Å². The molecular formula is C15H24N4O2S2. The van der Waals surface area contributed by atoms with E-state index >= 15 is 0 Å². The first-order valence-electron chi connectivity index (χ1n) is 7.83. The summed E-state index contributed by atoms with van der Waals surface area (Å²) < 4.78 is 26.7. The smallest absolute Gasteiger partial charge is 0.240 e. The van der Waals surface area contributed by atoms with Gasteiger partial charge >= 0.3 is 0 Å². The Labute approximate surface area is 143 Å². The van der Waals surface area contributed by atoms with Crippen LogP contribution in [0.4, 0.5) is 5.69 Å². The first-order chi connectivity index (χ1) is 11.0. The third kappa shape index (κ3) is 5.72. The lowest BCUT2D eigenvalue weighted by molar-refractivity contribution is 0.579. The zero-order chi connectivity index (χ0) is 16.7. The second-order valence-corrected chi connectivity index (χ2v) is 7.78. The molecule has 0 atom stereocenters. The predicted molar refractivity (Wildman–Crippen MR) is 97.2 cm³/mol. The maximum atomic E-state index is 12.1. The predicted octanol–water partition coefficient (Wildman–Crippen LogP) is 1.41. The average molecular weight is 357 g/mol. The fourth-order valence-electron chi connectivity index (χ4n) is 2.53. The van der Waals surface area contributed by atoms with Gasteiger partial charge in [0.05, 0.1) is 4.90 Å². The van der Waals surface area contributed by atoms with Gasteiger partial charge in [0.2, 0.25) is 10.0 Å². The highest BCUT2D eigenvalue weighted by Crippen LogP contribution is 2.18. The van der Waals surface area contributed by atoms with Crippen molar-refractivity contribution < 1.29 is 8.42 Å². The molecular weight excluding hydrogens is 332 g/mol. The van der Waals surface area contributed by atoms with Crippen LogP contribution in [0, 0.1) is 0 Å². The monoisotopic (exact) mass is 356 g/mol. The Hall–Kier alpha value is -1.22. The Balaban J connectivity index is 1.89. The fraction of sp³-hybridized carbons (Fsp3) is 0.533. The van der Waals surface area contributed by atoms with E-state index in [-0.39, 0.29) is 4.90 Å². The van der Waals surface area contributed by atoms with Crippen molar-refractivity contribution in [2.75, 3.05) is 25.5 Å². The largest absolute Gasteiger partial charge is 0.360 e. The quantitative estimate of drug-likeness (QED) is 0.437. The molecule has 1 aromatic carbocycles. The van der Waals surface area contributed by atoms with Crippen LogP contribution in [-0.4, -0.2) is 39.7 Å². The van der Waals surface area contributed by atoms with Crippen molar-refractivity contribution in [1.29, 1.82) is 0 Å². The van der Waals surface area contributed by atoms with Crippen LogP contribution in [0.15, 0.2) is 29.2 Å². The standard InChI is InChI=1S/C15H24N4O2S2/c1-16-10-11-17-23(20,21)14-8-6-13(7-9-14)19-15(22)18-12-4-2-3-5-12/h6-9,12,16-17H,2-5,10-11H2,1H3,(H2,18,19,22). The molecule has 6 nitrogen and oxygen atoms in total. The lowest BCUT2D eigenvalue weighted by atomic mass is 10.2. The van der Waals surface area contributed by atoms with Gasteiger partial charge in [0.25, 0.3) is 0 Å². The van der Waals surface area contributed by atoms with Crippen LogP contribution in [-0.2, 0) is 10.0 Å². The molecule has 0 aliphatic heterocycles. The molecule has 4 N–H and O–H groups in total. The summed E-state index contributed by atoms with van der Waals surface area (Å²) in [4.78, 5) is 0.244. The summed E-state index contributed by atoms with van der Waals surface area (Å²) in [5, 5.41) is 9.86. The number of likely N-dealkylation sites (N-methyl/N-ethyl adjacent to an activating group) is 1. The van der Waals surface area contributed by atoms with Crippen LogP contribution in [0.3, 0.4) is 0 Å². The maximum absolute atomic E-state index is 12.1. The van der Waals surface area contributed by atoms with Gasteiger partial charge in [-0.3, -0.25) is 0 Å². The van der Waals surface area contributed by atoms with E-state index in [9.17, 15) is 8.42 Å². The second kappa shape index (κ2) is 8.58. The molecule has 0 heterocycles. The molecule has 1 aromatic rings. The van der Waals surface area contributed by atoms with Crippen molar-refractivity contribution in [3.8, 4) is 0 Å². The number of anilines is 1. The van der Waals surface area contributed by atoms with E-state index in [2.05, 4.69) is 20.7 Å². The molecule has 0 aromatic heterocycles. The minimum Gasteiger partial charge on any atom is -0.360 e. The Morgan fingerprint density at radius 1 is 1.17 bits per heavy atom. The van der Waals surface area contributed by atoms with Crippen molar-refractivity contribution in [1.82, 2.24) is 15.4 Å². The van der Waals surface area contributed by atoms with Crippen LogP contribution in [0.25, 0.3) is 0 Å². The maximum Gasteiger partial charge on any atom is 0.240 e. The van der Waals surface area contributed by atoms with E-state index in [1.807, 2.05) is 0 Å². The molecule has 0 bridgehead atoms. The summed E-state index contributed by atoms with van der Waals surface area (Å²) in [5.41, 5.74) is 0.773. The van der Waals surface area contributed by atoms with E-state index in [1.165, 1.54) is 12.8 Å². The van der Waals surface area contributed by atoms with Gasteiger partial charge < -0.3 is 16.0 Å². The van der Waals surface area contributed by atoms with E-state index in [4.69, 9.17) is 12.2 Å². The lowest BCUT2D eigenvalue weighted by Crippen LogP contribution is -2.35. The molecule has 23 heavy (non-hydrogen) atoms. The van der Waals surface area contributed by atoms with Crippen molar-refractivity contribution in [2.45, 2.75) is 36.6 Å². The molecule has 1 aliphatic carbocycles. The Bertz CT molecular complexity index is 611. The van der Waals surface area contributed by atoms with Crippen LogP contribution >= 0.6 is 12.2 Å². The van der Waals surface area contributed by atoms with Gasteiger partial charge in [-0.25, -0.2) is 13.1 Å². The molecule has 0 amide bonds. The van der Waals surface area contributed by atoms with Crippen molar-refractivity contribution >= 4 is 33.0 Å². The first kappa shape index (κ1) is 18.1. The molecule has 1 saturated carbocycles. The average Bonchev–Trinajstić information content (AvgIpc) is 3.00. The topological polar surface area (TPSA) is 82.3 Å². The van der Waals surface area contributed by atoms with Gasteiger partial charge in [-0.15, -0.1) is 0 Å². The molecule has 1 fully saturated rings. The number of hydrogen-bond donors (Lipinski definition) is 4. The highest BCUT2D eigenvalue weighted by atomic mass is 32.2. The number of sulfonamides is 1. The minimum absolute atomic E-state index is 0.244. The number of rotatable bonds is 7. The molecule has 2 rings (SSSR count). The highest BCUT2D eigenvalue weighted by molar-refractivity contribution is 7.89. The van der Waals surface area contributed by atoms with Crippen molar-refractivity contribution in [2.24, 2.45) is 0 Å². The first-order valence-corrected chi connectivity index (χ1v) is 9.72. The van der Waals surface area contributed by atoms with Crippen LogP contribution in [0.1, 0.15) is 25.7 Å². The van der Waals surface area contributed by atoms with Crippen LogP contribution < -0.4 is 20.7 Å². The van der Waals surface area contributed by atoms with Crippen LogP contribution in [0.5, 0.6) is 0 Å². The van der Waals surface area contributed by atoms with Crippen molar-refractivity contribution in [3.05, 3.63) is 24.3 Å². The second-order valence-electron chi connectivity index (χ2n) is 5.61. The molecule has 0 spiro atoms. The number of benzene rings is 1. The molecule has 1 aliphatic rings. The van der Waals surface area contributed by atoms with Gasteiger partial charge in [0.15, 0.2) is 5.11 Å². The van der Waals surface area contributed by atoms with E-state index < -0.39 is 10.0 Å². The van der Waals surface area contributed by atoms with E-state index in [0.717, 1.165) is 18.5 Å². The lowest BCUT2D eigenvalue weighted by Gasteiger charge is -2.16. The van der Waals surface area contributed by atoms with Gasteiger partial charge in [-0.1, -0.05) is 12.8 Å². The Kier molecular flexibility index (Phi) is 6.76. The van der Waals surface area contributed by atoms with Gasteiger partial charge in [-0.05, 0) is 56.4 Å². The minimum atomic E-state index is -3.46. The third-order valence-corrected chi connectivity index (χ3v) is 5.48. The summed E-state index contributed by atoms with van der Waals surface area (Å²) in [6.07, 6.45) is 4.79. The van der Waals surface area contributed by atoms with E-state index in [1.54, 1.807) is 31.3 Å². The number of hydrogen-bond acceptors (Lipinski definition) is 4. The molecule has 0 unspecified atom stereocenters. The molecule has 0 radical (unpaired) electrons. The molecule has 128 valence electrons. The summed E-state index contributed by atoms with van der Waals surface area (Å²) in [7, 11) is -1.69. The number of thiocarbonyl (C=S) groups is 1. The fourth-order valence-corrected chi connectivity index (χ4v) is 3.85. The number of nitrogens with one attached hydrogen (secondary N) is 4. The molecule has 8 heteroatoms. The van der Waals surface area contributed by atoms with Gasteiger partial charge in [-0.2, -0.15) is 0 Å². The van der Waals surface area contributed by atoms with Gasteiger partial charge in [0.1, 0.15) is 0 Å². The Morgan fingerprint density at radius 2 is 1.83 bits per heavy atom.